The van der Waals surface area contributed by atoms with E-state index in [0.29, 0.717) is 11.8 Å². The predicted octanol–water partition coefficient (Wildman–Crippen LogP) is 2.90. The summed E-state index contributed by atoms with van der Waals surface area (Å²) in [5.41, 5.74) is 12.5. The van der Waals surface area contributed by atoms with E-state index < -0.39 is 0 Å². The smallest absolute Gasteiger partial charge is 0.0354 e. The van der Waals surface area contributed by atoms with Gasteiger partial charge in [0.1, 0.15) is 0 Å². The van der Waals surface area contributed by atoms with E-state index in [9.17, 15) is 0 Å². The summed E-state index contributed by atoms with van der Waals surface area (Å²) in [4.78, 5) is 0. The first-order chi connectivity index (χ1) is 6.87. The molecule has 0 aromatic rings. The van der Waals surface area contributed by atoms with Crippen molar-refractivity contribution in [2.75, 3.05) is 0 Å². The Morgan fingerprint density at radius 3 is 1.80 bits per heavy atom. The lowest BCUT2D eigenvalue weighted by molar-refractivity contribution is 0.172. The van der Waals surface area contributed by atoms with Gasteiger partial charge in [-0.15, -0.1) is 0 Å². The molecule has 0 aromatic heterocycles. The molecule has 0 rings (SSSR count). The van der Waals surface area contributed by atoms with E-state index in [1.54, 1.807) is 0 Å². The van der Waals surface area contributed by atoms with Crippen molar-refractivity contribution in [1.82, 2.24) is 0 Å². The summed E-state index contributed by atoms with van der Waals surface area (Å²) in [6.07, 6.45) is 4.77. The standard InChI is InChI=1S/C13H30N2/c1-6-7-8-9-12(14)13(15,10(2)3)11(4)5/h10-12H,6-9,14-15H2,1-5H3. The van der Waals surface area contributed by atoms with Crippen molar-refractivity contribution >= 4 is 0 Å². The van der Waals surface area contributed by atoms with Gasteiger partial charge >= 0.3 is 0 Å². The van der Waals surface area contributed by atoms with Gasteiger partial charge in [-0.25, -0.2) is 0 Å². The Kier molecular flexibility index (Phi) is 6.46. The first-order valence-electron chi connectivity index (χ1n) is 6.41. The molecule has 1 unspecified atom stereocenters. The third kappa shape index (κ3) is 3.76. The minimum absolute atomic E-state index is 0.129. The average Bonchev–Trinajstić information content (AvgIpc) is 2.15. The summed E-state index contributed by atoms with van der Waals surface area (Å²) < 4.78 is 0. The van der Waals surface area contributed by atoms with Crippen molar-refractivity contribution in [3.8, 4) is 0 Å². The van der Waals surface area contributed by atoms with E-state index in [4.69, 9.17) is 11.5 Å². The molecule has 15 heavy (non-hydrogen) atoms. The van der Waals surface area contributed by atoms with Gasteiger partial charge in [0.15, 0.2) is 0 Å². The lowest BCUT2D eigenvalue weighted by Gasteiger charge is -2.42. The molecule has 0 aromatic carbocycles. The molecule has 4 N–H and O–H groups in total. The quantitative estimate of drug-likeness (QED) is 0.640. The number of unbranched alkanes of at least 4 members (excludes halogenated alkanes) is 2. The van der Waals surface area contributed by atoms with Gasteiger partial charge in [-0.2, -0.15) is 0 Å². The van der Waals surface area contributed by atoms with Crippen LogP contribution < -0.4 is 11.5 Å². The van der Waals surface area contributed by atoms with E-state index in [1.807, 2.05) is 0 Å². The Morgan fingerprint density at radius 2 is 1.47 bits per heavy atom. The van der Waals surface area contributed by atoms with Crippen molar-refractivity contribution in [2.24, 2.45) is 23.3 Å². The van der Waals surface area contributed by atoms with Crippen LogP contribution in [-0.4, -0.2) is 11.6 Å². The molecule has 1 atom stereocenters. The van der Waals surface area contributed by atoms with Crippen molar-refractivity contribution < 1.29 is 0 Å². The van der Waals surface area contributed by atoms with Crippen LogP contribution in [-0.2, 0) is 0 Å². The first kappa shape index (κ1) is 14.9. The lowest BCUT2D eigenvalue weighted by Crippen LogP contribution is -2.62. The van der Waals surface area contributed by atoms with Crippen LogP contribution in [0, 0.1) is 11.8 Å². The molecule has 0 bridgehead atoms. The SMILES string of the molecule is CCCCCC(N)C(N)(C(C)C)C(C)C. The minimum atomic E-state index is -0.215. The lowest BCUT2D eigenvalue weighted by atomic mass is 9.71. The number of hydrogen-bond acceptors (Lipinski definition) is 2. The van der Waals surface area contributed by atoms with Crippen molar-refractivity contribution in [3.63, 3.8) is 0 Å². The largest absolute Gasteiger partial charge is 0.326 e. The Bertz CT molecular complexity index is 156. The average molecular weight is 214 g/mol. The summed E-state index contributed by atoms with van der Waals surface area (Å²) in [5.74, 6) is 0.878. The van der Waals surface area contributed by atoms with Crippen LogP contribution in [0.25, 0.3) is 0 Å². The van der Waals surface area contributed by atoms with Crippen LogP contribution in [0.1, 0.15) is 60.3 Å². The highest BCUT2D eigenvalue weighted by Gasteiger charge is 2.38. The maximum atomic E-state index is 6.48. The highest BCUT2D eigenvalue weighted by Crippen LogP contribution is 2.28. The maximum Gasteiger partial charge on any atom is 0.0354 e. The molecule has 0 aliphatic rings. The second kappa shape index (κ2) is 6.49. The van der Waals surface area contributed by atoms with Gasteiger partial charge < -0.3 is 11.5 Å². The molecular formula is C13H30N2. The molecule has 2 nitrogen and oxygen atoms in total. The van der Waals surface area contributed by atoms with Gasteiger partial charge in [0.2, 0.25) is 0 Å². The van der Waals surface area contributed by atoms with Crippen LogP contribution in [0.3, 0.4) is 0 Å². The summed E-state index contributed by atoms with van der Waals surface area (Å²) in [6, 6.07) is 0.129. The van der Waals surface area contributed by atoms with Gasteiger partial charge in [-0.05, 0) is 18.3 Å². The Balaban J connectivity index is 4.36. The second-order valence-electron chi connectivity index (χ2n) is 5.41. The zero-order chi connectivity index (χ0) is 12.1. The summed E-state index contributed by atoms with van der Waals surface area (Å²) in [5, 5.41) is 0. The fourth-order valence-corrected chi connectivity index (χ4v) is 2.39. The van der Waals surface area contributed by atoms with Crippen LogP contribution in [0.2, 0.25) is 0 Å². The zero-order valence-corrected chi connectivity index (χ0v) is 11.2. The molecule has 92 valence electrons. The fraction of sp³-hybridized carbons (Fsp3) is 1.00. The molecule has 0 saturated heterocycles. The van der Waals surface area contributed by atoms with E-state index in [2.05, 4.69) is 34.6 Å². The Morgan fingerprint density at radius 1 is 1.00 bits per heavy atom. The molecular weight excluding hydrogens is 184 g/mol. The van der Waals surface area contributed by atoms with Crippen LogP contribution in [0.15, 0.2) is 0 Å². The summed E-state index contributed by atoms with van der Waals surface area (Å²) in [6.45, 7) is 10.9. The van der Waals surface area contributed by atoms with Crippen molar-refractivity contribution in [2.45, 2.75) is 71.9 Å². The molecule has 0 heterocycles. The Hall–Kier alpha value is -0.0800. The number of hydrogen-bond donors (Lipinski definition) is 2. The number of rotatable bonds is 7. The van der Waals surface area contributed by atoms with E-state index in [-0.39, 0.29) is 11.6 Å². The molecule has 0 saturated carbocycles. The van der Waals surface area contributed by atoms with E-state index >= 15 is 0 Å². The molecule has 0 aliphatic carbocycles. The molecule has 0 radical (unpaired) electrons. The molecule has 0 amide bonds. The van der Waals surface area contributed by atoms with Gasteiger partial charge in [0.25, 0.3) is 0 Å². The zero-order valence-electron chi connectivity index (χ0n) is 11.2. The van der Waals surface area contributed by atoms with Crippen LogP contribution in [0.5, 0.6) is 0 Å². The van der Waals surface area contributed by atoms with Crippen LogP contribution in [0.4, 0.5) is 0 Å². The maximum absolute atomic E-state index is 6.48. The topological polar surface area (TPSA) is 52.0 Å². The second-order valence-corrected chi connectivity index (χ2v) is 5.41. The third-order valence-electron chi connectivity index (χ3n) is 3.76. The van der Waals surface area contributed by atoms with Gasteiger partial charge in [0, 0.05) is 11.6 Å². The highest BCUT2D eigenvalue weighted by atomic mass is 14.9. The molecule has 0 aliphatic heterocycles. The minimum Gasteiger partial charge on any atom is -0.326 e. The van der Waals surface area contributed by atoms with Gasteiger partial charge in [-0.1, -0.05) is 53.9 Å². The highest BCUT2D eigenvalue weighted by molar-refractivity contribution is 4.98. The van der Waals surface area contributed by atoms with E-state index in [1.165, 1.54) is 19.3 Å². The molecule has 2 heteroatoms. The summed E-state index contributed by atoms with van der Waals surface area (Å²) >= 11 is 0. The third-order valence-corrected chi connectivity index (χ3v) is 3.76. The molecule has 0 fully saturated rings. The van der Waals surface area contributed by atoms with Gasteiger partial charge in [-0.3, -0.25) is 0 Å². The first-order valence-corrected chi connectivity index (χ1v) is 6.41. The predicted molar refractivity (Wildman–Crippen MR) is 68.7 cm³/mol. The van der Waals surface area contributed by atoms with Gasteiger partial charge in [0.05, 0.1) is 0 Å². The summed E-state index contributed by atoms with van der Waals surface area (Å²) in [7, 11) is 0. The van der Waals surface area contributed by atoms with Crippen LogP contribution >= 0.6 is 0 Å². The fourth-order valence-electron chi connectivity index (χ4n) is 2.39. The molecule has 0 spiro atoms. The number of nitrogens with two attached hydrogens (primary N) is 2. The van der Waals surface area contributed by atoms with E-state index in [0.717, 1.165) is 6.42 Å². The normalized spacial score (nSPS) is 15.0. The van der Waals surface area contributed by atoms with Crippen molar-refractivity contribution in [3.05, 3.63) is 0 Å². The monoisotopic (exact) mass is 214 g/mol. The Labute approximate surface area is 95.8 Å². The van der Waals surface area contributed by atoms with Crippen molar-refractivity contribution in [1.29, 1.82) is 0 Å².